The molecule has 1 saturated heterocycles. The molecule has 2 aromatic carbocycles. The van der Waals surface area contributed by atoms with Gasteiger partial charge in [0.1, 0.15) is 5.75 Å². The number of likely N-dealkylation sites (tertiary alicyclic amines) is 1. The molecule has 0 spiro atoms. The Morgan fingerprint density at radius 1 is 1.30 bits per heavy atom. The van der Waals surface area contributed by atoms with Crippen molar-refractivity contribution in [1.82, 2.24) is 9.62 Å². The van der Waals surface area contributed by atoms with Gasteiger partial charge in [0.2, 0.25) is 10.0 Å². The molecule has 0 atom stereocenters. The van der Waals surface area contributed by atoms with Crippen LogP contribution < -0.4 is 9.46 Å². The van der Waals surface area contributed by atoms with Crippen molar-refractivity contribution < 1.29 is 18.3 Å². The Bertz CT molecular complexity index is 1090. The van der Waals surface area contributed by atoms with Gasteiger partial charge in [0.25, 0.3) is 0 Å². The summed E-state index contributed by atoms with van der Waals surface area (Å²) < 4.78 is 33.6. The summed E-state index contributed by atoms with van der Waals surface area (Å²) in [5, 5.41) is 13.6. The molecule has 1 aliphatic heterocycles. The molecule has 2 N–H and O–H groups in total. The van der Waals surface area contributed by atoms with E-state index in [0.29, 0.717) is 41.4 Å². The van der Waals surface area contributed by atoms with E-state index in [1.165, 1.54) is 19.2 Å². The molecular weight excluding hydrogens is 466 g/mol. The summed E-state index contributed by atoms with van der Waals surface area (Å²) in [4.78, 5) is 5.08. The van der Waals surface area contributed by atoms with E-state index in [0.717, 1.165) is 25.9 Å². The molecule has 0 unspecified atom stereocenters. The lowest BCUT2D eigenvalue weighted by Gasteiger charge is -2.31. The van der Waals surface area contributed by atoms with Crippen LogP contribution in [0.2, 0.25) is 5.02 Å². The molecule has 0 amide bonds. The first-order valence-corrected chi connectivity index (χ1v) is 12.5. The molecule has 1 fully saturated rings. The van der Waals surface area contributed by atoms with E-state index in [-0.39, 0.29) is 23.1 Å². The number of benzene rings is 2. The fraction of sp³-hybridized carbons (Fsp3) is 0.455. The van der Waals surface area contributed by atoms with Crippen molar-refractivity contribution >= 4 is 21.6 Å². The molecule has 2 aromatic rings. The van der Waals surface area contributed by atoms with Crippen molar-refractivity contribution in [2.45, 2.75) is 24.3 Å². The number of aliphatic hydroxyl groups is 1. The highest BCUT2D eigenvalue weighted by molar-refractivity contribution is 7.89. The monoisotopic (exact) mass is 493 g/mol. The third-order valence-corrected chi connectivity index (χ3v) is 7.62. The van der Waals surface area contributed by atoms with E-state index < -0.39 is 10.0 Å². The van der Waals surface area contributed by atoms with Crippen LogP contribution in [-0.2, 0) is 16.6 Å². The van der Waals surface area contributed by atoms with Crippen molar-refractivity contribution in [2.75, 3.05) is 39.8 Å². The van der Waals surface area contributed by atoms with Gasteiger partial charge >= 0.3 is 0 Å². The highest BCUT2D eigenvalue weighted by Gasteiger charge is 2.21. The van der Waals surface area contributed by atoms with Gasteiger partial charge in [-0.3, -0.25) is 0 Å². The van der Waals surface area contributed by atoms with Crippen molar-refractivity contribution in [3.63, 3.8) is 0 Å². The standard InChI is InChI=1S/C22H28ClN5O4S/c1-32-21-4-2-3-17(15-29)22(21)19-6-5-18(13-20(19)23)33(30,31)26-9-12-28-10-7-16(8-11-28)14-25-27-24/h2-6,13,16,26,29H,7-12,14-15H2,1H3. The third-order valence-electron chi connectivity index (χ3n) is 5.85. The van der Waals surface area contributed by atoms with Crippen LogP contribution in [0.5, 0.6) is 5.75 Å². The zero-order valence-electron chi connectivity index (χ0n) is 18.4. The van der Waals surface area contributed by atoms with E-state index in [1.54, 1.807) is 24.3 Å². The quantitative estimate of drug-likeness (QED) is 0.295. The van der Waals surface area contributed by atoms with Gasteiger partial charge < -0.3 is 14.7 Å². The van der Waals surface area contributed by atoms with E-state index in [4.69, 9.17) is 21.9 Å². The van der Waals surface area contributed by atoms with Crippen LogP contribution in [0.25, 0.3) is 21.6 Å². The molecule has 0 radical (unpaired) electrons. The summed E-state index contributed by atoms with van der Waals surface area (Å²) >= 11 is 6.47. The second-order valence-corrected chi connectivity index (χ2v) is 10.1. The molecule has 1 heterocycles. The van der Waals surface area contributed by atoms with Gasteiger partial charge in [-0.1, -0.05) is 34.9 Å². The zero-order valence-corrected chi connectivity index (χ0v) is 20.0. The molecule has 33 heavy (non-hydrogen) atoms. The topological polar surface area (TPSA) is 128 Å². The van der Waals surface area contributed by atoms with Crippen LogP contribution in [0.4, 0.5) is 0 Å². The molecule has 11 heteroatoms. The Balaban J connectivity index is 1.65. The average molecular weight is 494 g/mol. The second kappa shape index (κ2) is 11.7. The fourth-order valence-corrected chi connectivity index (χ4v) is 5.40. The number of halogens is 1. The zero-order chi connectivity index (χ0) is 23.8. The molecular formula is C22H28ClN5O4S. The van der Waals surface area contributed by atoms with Gasteiger partial charge in [0.05, 0.1) is 18.6 Å². The smallest absolute Gasteiger partial charge is 0.240 e. The van der Waals surface area contributed by atoms with Crippen LogP contribution in [-0.4, -0.2) is 58.3 Å². The highest BCUT2D eigenvalue weighted by atomic mass is 35.5. The number of azide groups is 1. The number of rotatable bonds is 10. The summed E-state index contributed by atoms with van der Waals surface area (Å²) in [6.45, 7) is 2.89. The number of ether oxygens (including phenoxy) is 1. The lowest BCUT2D eigenvalue weighted by Crippen LogP contribution is -2.40. The number of hydrogen-bond acceptors (Lipinski definition) is 6. The molecule has 9 nitrogen and oxygen atoms in total. The van der Waals surface area contributed by atoms with Gasteiger partial charge in [0.15, 0.2) is 0 Å². The first-order valence-electron chi connectivity index (χ1n) is 10.7. The van der Waals surface area contributed by atoms with Gasteiger partial charge in [-0.25, -0.2) is 13.1 Å². The molecule has 3 rings (SSSR count). The van der Waals surface area contributed by atoms with E-state index >= 15 is 0 Å². The maximum atomic E-state index is 12.8. The van der Waals surface area contributed by atoms with E-state index in [2.05, 4.69) is 19.6 Å². The van der Waals surface area contributed by atoms with E-state index in [1.807, 2.05) is 0 Å². The Labute approximate surface area is 199 Å². The highest BCUT2D eigenvalue weighted by Crippen LogP contribution is 2.38. The summed E-state index contributed by atoms with van der Waals surface area (Å²) in [5.74, 6) is 0.935. The van der Waals surface area contributed by atoms with Crippen LogP contribution in [0, 0.1) is 5.92 Å². The number of aliphatic hydroxyl groups excluding tert-OH is 1. The maximum Gasteiger partial charge on any atom is 0.240 e. The Morgan fingerprint density at radius 3 is 2.70 bits per heavy atom. The van der Waals surface area contributed by atoms with Gasteiger partial charge in [-0.15, -0.1) is 0 Å². The summed E-state index contributed by atoms with van der Waals surface area (Å²) in [6.07, 6.45) is 1.86. The molecule has 0 saturated carbocycles. The molecule has 1 aliphatic rings. The van der Waals surface area contributed by atoms with Crippen LogP contribution in [0.15, 0.2) is 46.4 Å². The van der Waals surface area contributed by atoms with Crippen LogP contribution in [0.3, 0.4) is 0 Å². The number of hydrogen-bond donors (Lipinski definition) is 2. The molecule has 178 valence electrons. The minimum absolute atomic E-state index is 0.0739. The SMILES string of the molecule is COc1cccc(CO)c1-c1ccc(S(=O)(=O)NCCN2CCC(CN=[N+]=[N-])CC2)cc1Cl. The summed E-state index contributed by atoms with van der Waals surface area (Å²) in [6, 6.07) is 9.83. The number of piperidine rings is 1. The molecule has 0 bridgehead atoms. The number of nitrogens with zero attached hydrogens (tertiary/aromatic N) is 4. The van der Waals surface area contributed by atoms with Crippen molar-refractivity contribution in [1.29, 1.82) is 0 Å². The first-order chi connectivity index (χ1) is 15.9. The lowest BCUT2D eigenvalue weighted by molar-refractivity contribution is 0.190. The van der Waals surface area contributed by atoms with Gasteiger partial charge in [0, 0.05) is 40.7 Å². The number of methoxy groups -OCH3 is 1. The Morgan fingerprint density at radius 2 is 2.06 bits per heavy atom. The van der Waals surface area contributed by atoms with E-state index in [9.17, 15) is 13.5 Å². The predicted molar refractivity (Wildman–Crippen MR) is 128 cm³/mol. The van der Waals surface area contributed by atoms with Gasteiger partial charge in [-0.05, 0) is 61.1 Å². The second-order valence-electron chi connectivity index (χ2n) is 7.89. The maximum absolute atomic E-state index is 12.8. The first kappa shape index (κ1) is 25.3. The van der Waals surface area contributed by atoms with Crippen molar-refractivity contribution in [2.24, 2.45) is 11.0 Å². The minimum Gasteiger partial charge on any atom is -0.496 e. The van der Waals surface area contributed by atoms with Crippen molar-refractivity contribution in [3.05, 3.63) is 57.4 Å². The van der Waals surface area contributed by atoms with Gasteiger partial charge in [-0.2, -0.15) is 0 Å². The average Bonchev–Trinajstić information content (AvgIpc) is 2.83. The Kier molecular flexibility index (Phi) is 8.96. The summed E-state index contributed by atoms with van der Waals surface area (Å²) in [5.41, 5.74) is 10.3. The Hall–Kier alpha value is -2.33. The third kappa shape index (κ3) is 6.38. The number of sulfonamides is 1. The normalized spacial score (nSPS) is 15.2. The van der Waals surface area contributed by atoms with Crippen LogP contribution >= 0.6 is 11.6 Å². The molecule has 0 aliphatic carbocycles. The fourth-order valence-electron chi connectivity index (χ4n) is 4.02. The predicted octanol–water partition coefficient (Wildman–Crippen LogP) is 3.81. The molecule has 0 aromatic heterocycles. The lowest BCUT2D eigenvalue weighted by atomic mass is 9.97. The van der Waals surface area contributed by atoms with Crippen molar-refractivity contribution in [3.8, 4) is 16.9 Å². The van der Waals surface area contributed by atoms with Crippen LogP contribution in [0.1, 0.15) is 18.4 Å². The largest absolute Gasteiger partial charge is 0.496 e. The summed E-state index contributed by atoms with van der Waals surface area (Å²) in [7, 11) is -2.21. The number of nitrogens with one attached hydrogen (secondary N) is 1. The minimum atomic E-state index is -3.73.